The standard InChI is InChI=1S/C23H25F3N2O3/c1-12-9-16-21(19(26)20(12)27-17(29)10-23(3,4)5)31-13(2)22(30)28(16)11-14-7-6-8-15(24)18(14)25/h6-9,13H,10-11H2,1-5H3,(H,27,29). The fourth-order valence-corrected chi connectivity index (χ4v) is 3.44. The van der Waals surface area contributed by atoms with Gasteiger partial charge in [0.25, 0.3) is 5.91 Å². The van der Waals surface area contributed by atoms with Crippen molar-refractivity contribution in [3.8, 4) is 5.75 Å². The summed E-state index contributed by atoms with van der Waals surface area (Å²) in [5, 5.41) is 2.59. The number of rotatable bonds is 4. The van der Waals surface area contributed by atoms with Gasteiger partial charge in [0.05, 0.1) is 17.9 Å². The Morgan fingerprint density at radius 1 is 1.19 bits per heavy atom. The predicted octanol–water partition coefficient (Wildman–Crippen LogP) is 5.10. The predicted molar refractivity (Wildman–Crippen MR) is 111 cm³/mol. The molecule has 0 aromatic heterocycles. The van der Waals surface area contributed by atoms with Crippen molar-refractivity contribution < 1.29 is 27.5 Å². The molecule has 8 heteroatoms. The lowest BCUT2D eigenvalue weighted by Gasteiger charge is -2.34. The Labute approximate surface area is 179 Å². The molecule has 31 heavy (non-hydrogen) atoms. The van der Waals surface area contributed by atoms with Crippen molar-refractivity contribution in [3.63, 3.8) is 0 Å². The maximum absolute atomic E-state index is 15.4. The number of ether oxygens (including phenoxy) is 1. The number of nitrogens with one attached hydrogen (secondary N) is 1. The van der Waals surface area contributed by atoms with Crippen LogP contribution in [0.25, 0.3) is 0 Å². The smallest absolute Gasteiger partial charge is 0.268 e. The van der Waals surface area contributed by atoms with Gasteiger partial charge < -0.3 is 15.0 Å². The minimum absolute atomic E-state index is 0.0357. The summed E-state index contributed by atoms with van der Waals surface area (Å²) >= 11 is 0. The van der Waals surface area contributed by atoms with Crippen molar-refractivity contribution in [1.29, 1.82) is 0 Å². The average molecular weight is 434 g/mol. The third-order valence-electron chi connectivity index (χ3n) is 4.91. The van der Waals surface area contributed by atoms with Gasteiger partial charge in [0.1, 0.15) is 0 Å². The number of hydrogen-bond donors (Lipinski definition) is 1. The van der Waals surface area contributed by atoms with E-state index in [0.717, 1.165) is 11.0 Å². The van der Waals surface area contributed by atoms with Gasteiger partial charge in [0.15, 0.2) is 29.3 Å². The van der Waals surface area contributed by atoms with Gasteiger partial charge in [-0.2, -0.15) is 0 Å². The monoisotopic (exact) mass is 434 g/mol. The largest absolute Gasteiger partial charge is 0.476 e. The van der Waals surface area contributed by atoms with Crippen LogP contribution in [0.2, 0.25) is 0 Å². The van der Waals surface area contributed by atoms with Crippen LogP contribution in [0.5, 0.6) is 5.75 Å². The summed E-state index contributed by atoms with van der Waals surface area (Å²) in [7, 11) is 0. The molecule has 1 N–H and O–H groups in total. The molecule has 0 radical (unpaired) electrons. The van der Waals surface area contributed by atoms with Crippen molar-refractivity contribution in [2.45, 2.75) is 53.7 Å². The molecule has 2 aromatic rings. The lowest BCUT2D eigenvalue weighted by Crippen LogP contribution is -2.44. The Morgan fingerprint density at radius 3 is 2.52 bits per heavy atom. The van der Waals surface area contributed by atoms with Gasteiger partial charge in [-0.25, -0.2) is 13.2 Å². The Morgan fingerprint density at radius 2 is 1.87 bits per heavy atom. The lowest BCUT2D eigenvalue weighted by molar-refractivity contribution is -0.125. The molecular weight excluding hydrogens is 409 g/mol. The fraction of sp³-hybridized carbons (Fsp3) is 0.391. The summed E-state index contributed by atoms with van der Waals surface area (Å²) in [4.78, 5) is 26.2. The van der Waals surface area contributed by atoms with Gasteiger partial charge in [-0.15, -0.1) is 0 Å². The maximum Gasteiger partial charge on any atom is 0.268 e. The fourth-order valence-electron chi connectivity index (χ4n) is 3.44. The first-order chi connectivity index (χ1) is 14.4. The number of carbonyl (C=O) groups is 2. The second-order valence-electron chi connectivity index (χ2n) is 8.91. The zero-order chi connectivity index (χ0) is 23.1. The third kappa shape index (κ3) is 4.68. The number of fused-ring (bicyclic) bond motifs is 1. The highest BCUT2D eigenvalue weighted by molar-refractivity contribution is 6.01. The number of amides is 2. The Kier molecular flexibility index (Phi) is 6.02. The SMILES string of the molecule is Cc1cc2c(c(F)c1NC(=O)CC(C)(C)C)OC(C)C(=O)N2Cc1cccc(F)c1F. The van der Waals surface area contributed by atoms with Gasteiger partial charge in [-0.3, -0.25) is 9.59 Å². The van der Waals surface area contributed by atoms with Crippen molar-refractivity contribution in [1.82, 2.24) is 0 Å². The first kappa shape index (κ1) is 22.7. The molecule has 1 aliphatic heterocycles. The molecule has 2 amide bonds. The van der Waals surface area contributed by atoms with Crippen LogP contribution >= 0.6 is 0 Å². The summed E-state index contributed by atoms with van der Waals surface area (Å²) in [6.07, 6.45) is -0.858. The first-order valence-electron chi connectivity index (χ1n) is 9.93. The van der Waals surface area contributed by atoms with Crippen LogP contribution in [0.3, 0.4) is 0 Å². The number of aryl methyl sites for hydroxylation is 1. The van der Waals surface area contributed by atoms with Gasteiger partial charge in [-0.05, 0) is 37.0 Å². The van der Waals surface area contributed by atoms with E-state index in [2.05, 4.69) is 5.32 Å². The van der Waals surface area contributed by atoms with Crippen molar-refractivity contribution in [2.75, 3.05) is 10.2 Å². The van der Waals surface area contributed by atoms with Crippen LogP contribution in [0, 0.1) is 29.8 Å². The molecule has 1 atom stereocenters. The molecule has 0 bridgehead atoms. The van der Waals surface area contributed by atoms with Crippen molar-refractivity contribution in [3.05, 3.63) is 52.8 Å². The second kappa shape index (κ2) is 8.24. The molecule has 5 nitrogen and oxygen atoms in total. The van der Waals surface area contributed by atoms with E-state index in [1.54, 1.807) is 6.92 Å². The van der Waals surface area contributed by atoms with Gasteiger partial charge in [-0.1, -0.05) is 32.9 Å². The highest BCUT2D eigenvalue weighted by Gasteiger charge is 2.36. The zero-order valence-corrected chi connectivity index (χ0v) is 18.1. The van der Waals surface area contributed by atoms with E-state index in [9.17, 15) is 18.4 Å². The first-order valence-corrected chi connectivity index (χ1v) is 9.93. The molecule has 1 unspecified atom stereocenters. The summed E-state index contributed by atoms with van der Waals surface area (Å²) < 4.78 is 48.7. The van der Waals surface area contributed by atoms with E-state index in [1.165, 1.54) is 25.1 Å². The van der Waals surface area contributed by atoms with Crippen LogP contribution < -0.4 is 15.0 Å². The number of benzene rings is 2. The Balaban J connectivity index is 2.01. The molecule has 0 fully saturated rings. The molecule has 0 saturated carbocycles. The van der Waals surface area contributed by atoms with Crippen LogP contribution in [0.4, 0.5) is 24.5 Å². The summed E-state index contributed by atoms with van der Waals surface area (Å²) in [5.74, 6) is -4.01. The molecule has 3 rings (SSSR count). The van der Waals surface area contributed by atoms with Crippen LogP contribution in [0.15, 0.2) is 24.3 Å². The quantitative estimate of drug-likeness (QED) is 0.728. The number of hydrogen-bond acceptors (Lipinski definition) is 3. The highest BCUT2D eigenvalue weighted by atomic mass is 19.2. The Hall–Kier alpha value is -3.03. The number of anilines is 2. The molecule has 2 aromatic carbocycles. The summed E-state index contributed by atoms with van der Waals surface area (Å²) in [5.41, 5.74) is 0.0940. The number of halogens is 3. The minimum atomic E-state index is -1.07. The van der Waals surface area contributed by atoms with Gasteiger partial charge in [0.2, 0.25) is 5.91 Å². The van der Waals surface area contributed by atoms with Gasteiger partial charge in [0, 0.05) is 12.0 Å². The number of nitrogens with zero attached hydrogens (tertiary/aromatic N) is 1. The second-order valence-corrected chi connectivity index (χ2v) is 8.91. The summed E-state index contributed by atoms with van der Waals surface area (Å²) in [6, 6.07) is 5.16. The minimum Gasteiger partial charge on any atom is -0.476 e. The molecular formula is C23H25F3N2O3. The van der Waals surface area contributed by atoms with E-state index in [0.29, 0.717) is 5.56 Å². The molecule has 0 aliphatic carbocycles. The van der Waals surface area contributed by atoms with E-state index >= 15 is 4.39 Å². The topological polar surface area (TPSA) is 58.6 Å². The van der Waals surface area contributed by atoms with Gasteiger partial charge >= 0.3 is 0 Å². The molecule has 0 spiro atoms. The molecule has 1 aliphatic rings. The normalized spacial score (nSPS) is 16.1. The molecule has 166 valence electrons. The van der Waals surface area contributed by atoms with Crippen molar-refractivity contribution >= 4 is 23.2 Å². The van der Waals surface area contributed by atoms with Crippen LogP contribution in [-0.4, -0.2) is 17.9 Å². The zero-order valence-electron chi connectivity index (χ0n) is 18.1. The molecule has 0 saturated heterocycles. The average Bonchev–Trinajstić information content (AvgIpc) is 2.65. The maximum atomic E-state index is 15.4. The van der Waals surface area contributed by atoms with E-state index in [1.807, 2.05) is 20.8 Å². The van der Waals surface area contributed by atoms with Crippen LogP contribution in [0.1, 0.15) is 45.2 Å². The van der Waals surface area contributed by atoms with Crippen LogP contribution in [-0.2, 0) is 16.1 Å². The lowest BCUT2D eigenvalue weighted by atomic mass is 9.92. The van der Waals surface area contributed by atoms with E-state index in [4.69, 9.17) is 4.74 Å². The molecule has 1 heterocycles. The van der Waals surface area contributed by atoms with E-state index in [-0.39, 0.29) is 47.0 Å². The third-order valence-corrected chi connectivity index (χ3v) is 4.91. The van der Waals surface area contributed by atoms with E-state index < -0.39 is 29.5 Å². The Bertz CT molecular complexity index is 1050. The highest BCUT2D eigenvalue weighted by Crippen LogP contribution is 2.42. The van der Waals surface area contributed by atoms with Crippen molar-refractivity contribution in [2.24, 2.45) is 5.41 Å². The number of carbonyl (C=O) groups excluding carboxylic acids is 2. The summed E-state index contributed by atoms with van der Waals surface area (Å²) in [6.45, 7) is 8.40.